The standard InChI is InChI=1S/C8H10N8O4S/c1-15-12-8(11-14-15)13-21(19,20)6-4-2-3-5(10-9)7(6)16(17)18/h2-4,10H,9H2,1H3,(H,12,13). The number of nitrogens with one attached hydrogen (secondary N) is 2. The number of nitrogens with two attached hydrogens (primary N) is 1. The fraction of sp³-hybridized carbons (Fsp3) is 0.125. The molecule has 0 saturated carbocycles. The van der Waals surface area contributed by atoms with E-state index < -0.39 is 25.5 Å². The van der Waals surface area contributed by atoms with Gasteiger partial charge >= 0.3 is 5.69 Å². The van der Waals surface area contributed by atoms with Gasteiger partial charge in [-0.3, -0.25) is 16.0 Å². The van der Waals surface area contributed by atoms with Gasteiger partial charge in [0.1, 0.15) is 5.69 Å². The molecule has 12 nitrogen and oxygen atoms in total. The van der Waals surface area contributed by atoms with E-state index in [4.69, 9.17) is 5.84 Å². The Bertz CT molecular complexity index is 785. The molecule has 1 aromatic carbocycles. The van der Waals surface area contributed by atoms with E-state index in [1.165, 1.54) is 19.2 Å². The Hall–Kier alpha value is -2.80. The van der Waals surface area contributed by atoms with Gasteiger partial charge in [0.15, 0.2) is 4.90 Å². The minimum atomic E-state index is -4.27. The van der Waals surface area contributed by atoms with Crippen LogP contribution in [0.1, 0.15) is 0 Å². The van der Waals surface area contributed by atoms with E-state index in [-0.39, 0.29) is 11.6 Å². The lowest BCUT2D eigenvalue weighted by atomic mass is 10.3. The van der Waals surface area contributed by atoms with Crippen LogP contribution in [0.4, 0.5) is 17.3 Å². The van der Waals surface area contributed by atoms with Crippen molar-refractivity contribution < 1.29 is 13.3 Å². The minimum Gasteiger partial charge on any atom is -0.318 e. The van der Waals surface area contributed by atoms with Gasteiger partial charge in [-0.2, -0.15) is 4.80 Å². The van der Waals surface area contributed by atoms with E-state index in [1.807, 2.05) is 4.72 Å². The molecule has 0 amide bonds. The lowest BCUT2D eigenvalue weighted by molar-refractivity contribution is -0.386. The predicted molar refractivity (Wildman–Crippen MR) is 70.5 cm³/mol. The van der Waals surface area contributed by atoms with Gasteiger partial charge in [0, 0.05) is 0 Å². The van der Waals surface area contributed by atoms with Crippen LogP contribution < -0.4 is 16.0 Å². The topological polar surface area (TPSA) is 171 Å². The largest absolute Gasteiger partial charge is 0.318 e. The minimum absolute atomic E-state index is 0.144. The molecule has 2 aromatic rings. The van der Waals surface area contributed by atoms with Crippen molar-refractivity contribution in [2.24, 2.45) is 12.9 Å². The number of para-hydroxylation sites is 1. The van der Waals surface area contributed by atoms with E-state index >= 15 is 0 Å². The summed E-state index contributed by atoms with van der Waals surface area (Å²) in [6.45, 7) is 0. The van der Waals surface area contributed by atoms with Gasteiger partial charge in [0.25, 0.3) is 16.0 Å². The molecule has 0 aliphatic rings. The third-order valence-electron chi connectivity index (χ3n) is 2.36. The first kappa shape index (κ1) is 14.6. The first-order valence-corrected chi connectivity index (χ1v) is 6.84. The van der Waals surface area contributed by atoms with Crippen LogP contribution in [0.3, 0.4) is 0 Å². The maximum Gasteiger partial charge on any atom is 0.314 e. The molecule has 21 heavy (non-hydrogen) atoms. The van der Waals surface area contributed by atoms with E-state index in [1.54, 1.807) is 0 Å². The molecule has 0 aliphatic carbocycles. The van der Waals surface area contributed by atoms with Crippen molar-refractivity contribution in [3.8, 4) is 0 Å². The number of aromatic nitrogens is 4. The van der Waals surface area contributed by atoms with Gasteiger partial charge in [0.05, 0.1) is 12.0 Å². The van der Waals surface area contributed by atoms with Crippen LogP contribution in [0.5, 0.6) is 0 Å². The fourth-order valence-electron chi connectivity index (χ4n) is 1.54. The molecule has 0 saturated heterocycles. The summed E-state index contributed by atoms with van der Waals surface area (Å²) in [5.41, 5.74) is 1.25. The number of benzene rings is 1. The van der Waals surface area contributed by atoms with Gasteiger partial charge in [0.2, 0.25) is 0 Å². The van der Waals surface area contributed by atoms with Crippen molar-refractivity contribution >= 4 is 27.3 Å². The molecule has 2 rings (SSSR count). The highest BCUT2D eigenvalue weighted by molar-refractivity contribution is 7.92. The molecule has 0 fully saturated rings. The smallest absolute Gasteiger partial charge is 0.314 e. The van der Waals surface area contributed by atoms with E-state index in [2.05, 4.69) is 20.8 Å². The number of hydrogen-bond acceptors (Lipinski definition) is 9. The van der Waals surface area contributed by atoms with Crippen LogP contribution in [0.25, 0.3) is 0 Å². The summed E-state index contributed by atoms with van der Waals surface area (Å²) >= 11 is 0. The molecule has 0 unspecified atom stereocenters. The Balaban J connectivity index is 2.52. The number of nitrogen functional groups attached to an aromatic ring is 1. The zero-order chi connectivity index (χ0) is 15.6. The van der Waals surface area contributed by atoms with Gasteiger partial charge in [-0.05, 0) is 17.3 Å². The lowest BCUT2D eigenvalue weighted by Crippen LogP contribution is -2.17. The summed E-state index contributed by atoms with van der Waals surface area (Å²) in [6, 6.07) is 3.65. The number of aryl methyl sites for hydroxylation is 1. The number of nitrogens with zero attached hydrogens (tertiary/aromatic N) is 5. The second-order valence-corrected chi connectivity index (χ2v) is 5.41. The highest BCUT2D eigenvalue weighted by Crippen LogP contribution is 2.31. The van der Waals surface area contributed by atoms with Gasteiger partial charge in [-0.1, -0.05) is 11.2 Å². The number of sulfonamides is 1. The average Bonchev–Trinajstić information content (AvgIpc) is 2.82. The van der Waals surface area contributed by atoms with Crippen LogP contribution >= 0.6 is 0 Å². The lowest BCUT2D eigenvalue weighted by Gasteiger charge is -2.08. The summed E-state index contributed by atoms with van der Waals surface area (Å²) < 4.78 is 26.4. The number of hydrazine groups is 1. The summed E-state index contributed by atoms with van der Waals surface area (Å²) in [7, 11) is -2.84. The van der Waals surface area contributed by atoms with Gasteiger partial charge in [-0.25, -0.2) is 13.1 Å². The Morgan fingerprint density at radius 1 is 1.43 bits per heavy atom. The Kier molecular flexibility index (Phi) is 3.68. The number of tetrazole rings is 1. The number of anilines is 2. The van der Waals surface area contributed by atoms with Crippen molar-refractivity contribution in [2.75, 3.05) is 10.1 Å². The molecular formula is C8H10N8O4S. The van der Waals surface area contributed by atoms with Crippen LogP contribution in [-0.4, -0.2) is 33.5 Å². The van der Waals surface area contributed by atoms with Gasteiger partial charge in [-0.15, -0.1) is 5.10 Å². The quantitative estimate of drug-likeness (QED) is 0.363. The predicted octanol–water partition coefficient (Wildman–Crippen LogP) is -0.795. The molecular weight excluding hydrogens is 304 g/mol. The zero-order valence-electron chi connectivity index (χ0n) is 10.6. The van der Waals surface area contributed by atoms with Crippen LogP contribution in [0.15, 0.2) is 23.1 Å². The zero-order valence-corrected chi connectivity index (χ0v) is 11.4. The van der Waals surface area contributed by atoms with Crippen LogP contribution in [0, 0.1) is 10.1 Å². The van der Waals surface area contributed by atoms with Crippen LogP contribution in [-0.2, 0) is 17.1 Å². The number of rotatable bonds is 5. The third kappa shape index (κ3) is 2.87. The van der Waals surface area contributed by atoms with Crippen LogP contribution in [0.2, 0.25) is 0 Å². The van der Waals surface area contributed by atoms with Gasteiger partial charge < -0.3 is 5.43 Å². The maximum absolute atomic E-state index is 12.2. The van der Waals surface area contributed by atoms with Crippen molar-refractivity contribution in [1.82, 2.24) is 20.2 Å². The molecule has 1 aromatic heterocycles. The van der Waals surface area contributed by atoms with E-state index in [9.17, 15) is 18.5 Å². The molecule has 1 heterocycles. The Morgan fingerprint density at radius 2 is 2.14 bits per heavy atom. The average molecular weight is 314 g/mol. The normalized spacial score (nSPS) is 11.1. The monoisotopic (exact) mass is 314 g/mol. The van der Waals surface area contributed by atoms with Crippen molar-refractivity contribution in [3.63, 3.8) is 0 Å². The SMILES string of the molecule is Cn1nnc(NS(=O)(=O)c2cccc(NN)c2[N+](=O)[O-])n1. The highest BCUT2D eigenvalue weighted by Gasteiger charge is 2.29. The van der Waals surface area contributed by atoms with E-state index in [0.29, 0.717) is 0 Å². The summed E-state index contributed by atoms with van der Waals surface area (Å²) in [4.78, 5) is 10.7. The summed E-state index contributed by atoms with van der Waals surface area (Å²) in [5.74, 6) is 4.84. The van der Waals surface area contributed by atoms with Crippen molar-refractivity contribution in [3.05, 3.63) is 28.3 Å². The summed E-state index contributed by atoms with van der Waals surface area (Å²) in [6.07, 6.45) is 0. The first-order chi connectivity index (χ1) is 9.85. The van der Waals surface area contributed by atoms with Crippen molar-refractivity contribution in [1.29, 1.82) is 0 Å². The van der Waals surface area contributed by atoms with Crippen molar-refractivity contribution in [2.45, 2.75) is 4.90 Å². The molecule has 112 valence electrons. The second-order valence-electron chi connectivity index (χ2n) is 3.76. The Labute approximate surface area is 118 Å². The van der Waals surface area contributed by atoms with E-state index in [0.717, 1.165) is 10.9 Å². The molecule has 0 aliphatic heterocycles. The fourth-order valence-corrected chi connectivity index (χ4v) is 2.67. The molecule has 13 heteroatoms. The number of nitro benzene ring substituents is 1. The molecule has 0 spiro atoms. The maximum atomic E-state index is 12.2. The first-order valence-electron chi connectivity index (χ1n) is 5.36. The highest BCUT2D eigenvalue weighted by atomic mass is 32.2. The molecule has 0 radical (unpaired) electrons. The molecule has 4 N–H and O–H groups in total. The Morgan fingerprint density at radius 3 is 2.67 bits per heavy atom. The molecule has 0 atom stereocenters. The third-order valence-corrected chi connectivity index (χ3v) is 3.72. The molecule has 0 bridgehead atoms. The number of nitro groups is 1. The second kappa shape index (κ2) is 5.29. The number of hydrogen-bond donors (Lipinski definition) is 3. The summed E-state index contributed by atoms with van der Waals surface area (Å²) in [5, 5.41) is 21.6.